The van der Waals surface area contributed by atoms with Gasteiger partial charge in [-0.2, -0.15) is 0 Å². The molecule has 170 valence electrons. The summed E-state index contributed by atoms with van der Waals surface area (Å²) in [7, 11) is -3.03. The second kappa shape index (κ2) is 9.05. The van der Waals surface area contributed by atoms with Crippen molar-refractivity contribution in [3.05, 3.63) is 53.6 Å². The van der Waals surface area contributed by atoms with Gasteiger partial charge in [-0.15, -0.1) is 0 Å². The first-order valence-electron chi connectivity index (χ1n) is 11.0. The third-order valence-corrected chi connectivity index (χ3v) is 9.57. The van der Waals surface area contributed by atoms with Crippen LogP contribution in [0.1, 0.15) is 51.2 Å². The molecule has 1 heterocycles. The molecule has 3 aliphatic rings. The average Bonchev–Trinajstić information content (AvgIpc) is 3.16. The van der Waals surface area contributed by atoms with Crippen molar-refractivity contribution in [1.29, 1.82) is 0 Å². The number of hydrogen-bond donors (Lipinski definition) is 0. The Kier molecular flexibility index (Phi) is 6.96. The van der Waals surface area contributed by atoms with Crippen molar-refractivity contribution in [3.8, 4) is 5.75 Å². The van der Waals surface area contributed by atoms with Crippen LogP contribution in [0.2, 0.25) is 0 Å². The summed E-state index contributed by atoms with van der Waals surface area (Å²) in [6.45, 7) is 6.37. The molecule has 2 aromatic rings. The van der Waals surface area contributed by atoms with Crippen LogP contribution in [-0.4, -0.2) is 13.2 Å². The first-order chi connectivity index (χ1) is 15.1. The fourth-order valence-electron chi connectivity index (χ4n) is 5.86. The van der Waals surface area contributed by atoms with Crippen molar-refractivity contribution < 1.29 is 52.8 Å². The van der Waals surface area contributed by atoms with Gasteiger partial charge in [-0.3, -0.25) is 4.57 Å². The number of phosphoric acid groups is 1. The molecule has 2 aromatic carbocycles. The second-order valence-corrected chi connectivity index (χ2v) is 12.3. The molecule has 0 amide bonds. The molecule has 2 saturated carbocycles. The van der Waals surface area contributed by atoms with Gasteiger partial charge in [-0.25, -0.2) is 0 Å². The molecule has 0 aromatic heterocycles. The smallest absolute Gasteiger partial charge is 0.746 e. The summed E-state index contributed by atoms with van der Waals surface area (Å²) in [4.78, 5) is 15.1. The summed E-state index contributed by atoms with van der Waals surface area (Å²) in [5.41, 5.74) is 1.21. The van der Waals surface area contributed by atoms with E-state index in [2.05, 4.69) is 20.8 Å². The standard InChI is InChI=1S/C25H29O5PS.Na/c1-24(2)17-12-13-25(3,15-17)23(24)30-31(26,27)29-20-14-16-8-5-6-11-21(16)32-22-18(20)9-7-10-19(22)28-4;/h5-11,14,17,23H,12-13,15H2,1-4H3,(H,26,27);/q;+1/p-1/t17-,23-,25+;/m1./s1. The molecule has 1 unspecified atom stereocenters. The van der Waals surface area contributed by atoms with Crippen molar-refractivity contribution in [1.82, 2.24) is 0 Å². The Morgan fingerprint density at radius 3 is 2.58 bits per heavy atom. The first-order valence-corrected chi connectivity index (χ1v) is 13.3. The third-order valence-electron chi connectivity index (χ3n) is 7.46. The maximum atomic E-state index is 13.3. The Morgan fingerprint density at radius 2 is 1.88 bits per heavy atom. The van der Waals surface area contributed by atoms with E-state index in [1.165, 1.54) is 11.8 Å². The minimum Gasteiger partial charge on any atom is -0.746 e. The van der Waals surface area contributed by atoms with E-state index in [0.29, 0.717) is 17.2 Å². The number of hydrogen-bond acceptors (Lipinski definition) is 6. The monoisotopic (exact) mass is 494 g/mol. The van der Waals surface area contributed by atoms with Gasteiger partial charge in [0.15, 0.2) is 0 Å². The number of phosphoric ester groups is 1. The molecule has 0 radical (unpaired) electrons. The molecule has 0 N–H and O–H groups in total. The predicted molar refractivity (Wildman–Crippen MR) is 124 cm³/mol. The van der Waals surface area contributed by atoms with Gasteiger partial charge in [0, 0.05) is 10.5 Å². The Labute approximate surface area is 222 Å². The van der Waals surface area contributed by atoms with Crippen LogP contribution in [0.4, 0.5) is 0 Å². The van der Waals surface area contributed by atoms with Gasteiger partial charge in [-0.05, 0) is 65.8 Å². The van der Waals surface area contributed by atoms with E-state index >= 15 is 0 Å². The zero-order valence-electron chi connectivity index (χ0n) is 19.8. The molecule has 4 atom stereocenters. The molecule has 5 rings (SSSR count). The van der Waals surface area contributed by atoms with Crippen LogP contribution in [0.5, 0.6) is 5.75 Å². The maximum Gasteiger partial charge on any atom is 1.00 e. The van der Waals surface area contributed by atoms with E-state index in [4.69, 9.17) is 13.8 Å². The Balaban J connectivity index is 0.00000259. The van der Waals surface area contributed by atoms with Crippen LogP contribution < -0.4 is 39.2 Å². The van der Waals surface area contributed by atoms with Crippen molar-refractivity contribution in [2.24, 2.45) is 16.7 Å². The summed E-state index contributed by atoms with van der Waals surface area (Å²) in [6.07, 6.45) is 4.49. The van der Waals surface area contributed by atoms with Crippen LogP contribution in [0, 0.1) is 16.7 Å². The van der Waals surface area contributed by atoms with Gasteiger partial charge < -0.3 is 18.7 Å². The van der Waals surface area contributed by atoms with Gasteiger partial charge in [-0.1, -0.05) is 56.8 Å². The topological polar surface area (TPSA) is 67.8 Å². The Morgan fingerprint density at radius 1 is 1.12 bits per heavy atom. The van der Waals surface area contributed by atoms with Gasteiger partial charge >= 0.3 is 37.4 Å². The molecule has 5 nitrogen and oxygen atoms in total. The molecule has 2 bridgehead atoms. The summed E-state index contributed by atoms with van der Waals surface area (Å²) in [6, 6.07) is 13.4. The van der Waals surface area contributed by atoms with E-state index < -0.39 is 13.9 Å². The first kappa shape index (κ1) is 25.4. The number of rotatable bonds is 5. The molecular formula is C25H28NaO5PS. The van der Waals surface area contributed by atoms with E-state index in [9.17, 15) is 9.46 Å². The average molecular weight is 495 g/mol. The summed E-state index contributed by atoms with van der Waals surface area (Å²) in [5.74, 6) is 1.39. The van der Waals surface area contributed by atoms with Crippen molar-refractivity contribution in [3.63, 3.8) is 0 Å². The number of methoxy groups -OCH3 is 1. The molecule has 33 heavy (non-hydrogen) atoms. The second-order valence-electron chi connectivity index (χ2n) is 9.92. The van der Waals surface area contributed by atoms with Gasteiger partial charge in [0.25, 0.3) is 0 Å². The van der Waals surface area contributed by atoms with Crippen molar-refractivity contribution in [2.45, 2.75) is 55.9 Å². The van der Waals surface area contributed by atoms with Gasteiger partial charge in [0.2, 0.25) is 0 Å². The van der Waals surface area contributed by atoms with Crippen LogP contribution in [0.25, 0.3) is 11.8 Å². The normalized spacial score (nSPS) is 28.5. The van der Waals surface area contributed by atoms with E-state index in [1.54, 1.807) is 13.2 Å². The molecule has 2 fully saturated rings. The van der Waals surface area contributed by atoms with Crippen molar-refractivity contribution in [2.75, 3.05) is 7.11 Å². The minimum absolute atomic E-state index is 0. The van der Waals surface area contributed by atoms with Gasteiger partial charge in [0.1, 0.15) is 11.5 Å². The van der Waals surface area contributed by atoms with Crippen molar-refractivity contribution >= 4 is 31.4 Å². The van der Waals surface area contributed by atoms with Crippen LogP contribution in [0.15, 0.2) is 52.3 Å². The van der Waals surface area contributed by atoms with Crippen LogP contribution >= 0.6 is 19.6 Å². The maximum absolute atomic E-state index is 13.3. The van der Waals surface area contributed by atoms with Gasteiger partial charge in [0.05, 0.1) is 18.1 Å². The summed E-state index contributed by atoms with van der Waals surface area (Å²) < 4.78 is 30.4. The number of fused-ring (bicyclic) bond motifs is 4. The van der Waals surface area contributed by atoms with E-state index in [1.807, 2.05) is 42.5 Å². The Hall–Kier alpha value is -0.720. The number of benzene rings is 2. The number of ether oxygens (including phenoxy) is 1. The van der Waals surface area contributed by atoms with E-state index in [0.717, 1.165) is 34.6 Å². The Bertz CT molecular complexity index is 1140. The zero-order chi connectivity index (χ0) is 22.7. The molecule has 1 aliphatic heterocycles. The molecule has 8 heteroatoms. The quantitative estimate of drug-likeness (QED) is 0.469. The molecule has 0 spiro atoms. The summed E-state index contributed by atoms with van der Waals surface area (Å²) >= 11 is 1.54. The SMILES string of the molecule is COc1cccc2c1Sc1ccccc1C=C2OP(=O)([O-])O[C@@H]1C(C)(C)[C@@H]2CC[C@@]1(C)C2.[Na+]. The fourth-order valence-corrected chi connectivity index (χ4v) is 8.22. The van der Waals surface area contributed by atoms with E-state index in [-0.39, 0.29) is 46.1 Å². The third kappa shape index (κ3) is 4.49. The summed E-state index contributed by atoms with van der Waals surface area (Å²) in [5, 5.41) is 0. The molecule has 2 aliphatic carbocycles. The largest absolute Gasteiger partial charge is 1.00 e. The molecule has 0 saturated heterocycles. The molecular weight excluding hydrogens is 466 g/mol. The van der Waals surface area contributed by atoms with Crippen LogP contribution in [0.3, 0.4) is 0 Å². The fraction of sp³-hybridized carbons (Fsp3) is 0.440. The van der Waals surface area contributed by atoms with Crippen LogP contribution in [-0.2, 0) is 13.6 Å². The zero-order valence-corrected chi connectivity index (χ0v) is 23.5. The minimum atomic E-state index is -4.64. The predicted octanol–water partition coefficient (Wildman–Crippen LogP) is 3.38.